The van der Waals surface area contributed by atoms with Gasteiger partial charge < -0.3 is 4.74 Å². The normalized spacial score (nSPS) is 10.9. The van der Waals surface area contributed by atoms with E-state index in [9.17, 15) is 4.79 Å². The maximum Gasteiger partial charge on any atom is 0.233 e. The van der Waals surface area contributed by atoms with E-state index in [4.69, 9.17) is 9.72 Å². The predicted molar refractivity (Wildman–Crippen MR) is 128 cm³/mol. The first-order chi connectivity index (χ1) is 15.2. The molecule has 2 aromatic heterocycles. The number of carbonyl (C=O) groups is 1. The Morgan fingerprint density at radius 1 is 1.13 bits per heavy atom. The summed E-state index contributed by atoms with van der Waals surface area (Å²) in [7, 11) is 0. The minimum absolute atomic E-state index is 0.00448. The molecule has 0 unspecified atom stereocenters. The molecule has 5 nitrogen and oxygen atoms in total. The Morgan fingerprint density at radius 2 is 1.97 bits per heavy atom. The number of rotatable bonds is 8. The van der Waals surface area contributed by atoms with Gasteiger partial charge in [-0.1, -0.05) is 29.5 Å². The standard InChI is InChI=1S/C24H23N3O2S2/c1-3-29-19-8-11-21-22(14-19)31-24(26-21)27(16-18-5-4-12-25-15-18)23(28)13-17-6-9-20(30-2)10-7-17/h4-12,14-15H,3,13,16H2,1-2H3. The van der Waals surface area contributed by atoms with Gasteiger partial charge in [0.15, 0.2) is 5.13 Å². The average Bonchev–Trinajstić information content (AvgIpc) is 3.22. The Morgan fingerprint density at radius 3 is 2.68 bits per heavy atom. The number of benzene rings is 2. The van der Waals surface area contributed by atoms with E-state index in [-0.39, 0.29) is 5.91 Å². The van der Waals surface area contributed by atoms with Crippen LogP contribution >= 0.6 is 23.1 Å². The van der Waals surface area contributed by atoms with Crippen LogP contribution in [0, 0.1) is 0 Å². The Hall–Kier alpha value is -2.90. The van der Waals surface area contributed by atoms with E-state index in [1.54, 1.807) is 29.1 Å². The molecule has 0 N–H and O–H groups in total. The van der Waals surface area contributed by atoms with Crippen molar-refractivity contribution in [2.45, 2.75) is 24.8 Å². The Bertz CT molecular complexity index is 1160. The van der Waals surface area contributed by atoms with Crippen molar-refractivity contribution in [3.8, 4) is 5.75 Å². The molecular formula is C24H23N3O2S2. The number of thioether (sulfide) groups is 1. The summed E-state index contributed by atoms with van der Waals surface area (Å²) in [5, 5.41) is 0.679. The van der Waals surface area contributed by atoms with Gasteiger partial charge in [-0.3, -0.25) is 14.7 Å². The molecule has 1 amide bonds. The van der Waals surface area contributed by atoms with Crippen LogP contribution < -0.4 is 9.64 Å². The van der Waals surface area contributed by atoms with Gasteiger partial charge in [-0.15, -0.1) is 11.8 Å². The molecule has 31 heavy (non-hydrogen) atoms. The molecule has 158 valence electrons. The van der Waals surface area contributed by atoms with Crippen LogP contribution in [0.5, 0.6) is 5.75 Å². The fraction of sp³-hybridized carbons (Fsp3) is 0.208. The number of fused-ring (bicyclic) bond motifs is 1. The molecule has 4 aromatic rings. The van der Waals surface area contributed by atoms with Crippen LogP contribution in [-0.2, 0) is 17.8 Å². The van der Waals surface area contributed by atoms with Gasteiger partial charge in [-0.2, -0.15) is 0 Å². The number of anilines is 1. The number of hydrogen-bond donors (Lipinski definition) is 0. The van der Waals surface area contributed by atoms with Crippen LogP contribution in [0.1, 0.15) is 18.1 Å². The lowest BCUT2D eigenvalue weighted by atomic mass is 10.1. The monoisotopic (exact) mass is 449 g/mol. The highest BCUT2D eigenvalue weighted by molar-refractivity contribution is 7.98. The number of amides is 1. The Labute approximate surface area is 190 Å². The Kier molecular flexibility index (Phi) is 6.84. The van der Waals surface area contributed by atoms with E-state index in [0.717, 1.165) is 27.1 Å². The molecule has 0 saturated carbocycles. The number of aromatic nitrogens is 2. The van der Waals surface area contributed by atoms with Gasteiger partial charge in [-0.05, 0) is 60.7 Å². The van der Waals surface area contributed by atoms with Gasteiger partial charge in [0.25, 0.3) is 0 Å². The molecule has 2 heterocycles. The summed E-state index contributed by atoms with van der Waals surface area (Å²) < 4.78 is 6.61. The third-order valence-corrected chi connectivity index (χ3v) is 6.55. The molecule has 0 aliphatic rings. The lowest BCUT2D eigenvalue weighted by Crippen LogP contribution is -2.31. The maximum atomic E-state index is 13.4. The lowest BCUT2D eigenvalue weighted by Gasteiger charge is -2.20. The highest BCUT2D eigenvalue weighted by atomic mass is 32.2. The third kappa shape index (κ3) is 5.24. The van der Waals surface area contributed by atoms with Gasteiger partial charge in [0.05, 0.1) is 29.8 Å². The minimum atomic E-state index is 0.00448. The highest BCUT2D eigenvalue weighted by Crippen LogP contribution is 2.32. The van der Waals surface area contributed by atoms with Crippen molar-refractivity contribution in [1.82, 2.24) is 9.97 Å². The zero-order valence-electron chi connectivity index (χ0n) is 17.4. The largest absolute Gasteiger partial charge is 0.494 e. The summed E-state index contributed by atoms with van der Waals surface area (Å²) in [5.74, 6) is 0.814. The van der Waals surface area contributed by atoms with Crippen molar-refractivity contribution in [2.24, 2.45) is 0 Å². The predicted octanol–water partition coefficient (Wildman–Crippen LogP) is 5.59. The van der Waals surface area contributed by atoms with Crippen LogP contribution in [0.2, 0.25) is 0 Å². The van der Waals surface area contributed by atoms with Crippen molar-refractivity contribution in [1.29, 1.82) is 0 Å². The first-order valence-electron chi connectivity index (χ1n) is 10.0. The Balaban J connectivity index is 1.64. The van der Waals surface area contributed by atoms with E-state index in [2.05, 4.69) is 4.98 Å². The van der Waals surface area contributed by atoms with Crippen LogP contribution in [-0.4, -0.2) is 28.7 Å². The summed E-state index contributed by atoms with van der Waals surface area (Å²) >= 11 is 3.19. The highest BCUT2D eigenvalue weighted by Gasteiger charge is 2.21. The number of thiazole rings is 1. The van der Waals surface area contributed by atoms with Crippen LogP contribution in [0.25, 0.3) is 10.2 Å². The van der Waals surface area contributed by atoms with E-state index in [1.807, 2.05) is 67.8 Å². The summed E-state index contributed by atoms with van der Waals surface area (Å²) in [6, 6.07) is 17.8. The second-order valence-electron chi connectivity index (χ2n) is 6.92. The quantitative estimate of drug-likeness (QED) is 0.328. The van der Waals surface area contributed by atoms with Crippen molar-refractivity contribution in [3.05, 3.63) is 78.1 Å². The molecule has 4 rings (SSSR count). The number of carbonyl (C=O) groups excluding carboxylic acids is 1. The van der Waals surface area contributed by atoms with E-state index in [0.29, 0.717) is 24.7 Å². The van der Waals surface area contributed by atoms with Gasteiger partial charge in [-0.25, -0.2) is 4.98 Å². The molecular weight excluding hydrogens is 426 g/mol. The summed E-state index contributed by atoms with van der Waals surface area (Å²) in [6.45, 7) is 2.99. The maximum absolute atomic E-state index is 13.4. The number of hydrogen-bond acceptors (Lipinski definition) is 6. The van der Waals surface area contributed by atoms with Crippen LogP contribution in [0.4, 0.5) is 5.13 Å². The zero-order valence-corrected chi connectivity index (χ0v) is 19.1. The van der Waals surface area contributed by atoms with Crippen LogP contribution in [0.3, 0.4) is 0 Å². The molecule has 0 radical (unpaired) electrons. The molecule has 0 aliphatic heterocycles. The molecule has 2 aromatic carbocycles. The van der Waals surface area contributed by atoms with E-state index in [1.165, 1.54) is 16.2 Å². The topological polar surface area (TPSA) is 55.3 Å². The molecule has 0 fully saturated rings. The lowest BCUT2D eigenvalue weighted by molar-refractivity contribution is -0.118. The average molecular weight is 450 g/mol. The summed E-state index contributed by atoms with van der Waals surface area (Å²) in [4.78, 5) is 25.2. The van der Waals surface area contributed by atoms with E-state index >= 15 is 0 Å². The molecule has 0 spiro atoms. The molecule has 0 atom stereocenters. The zero-order chi connectivity index (χ0) is 21.6. The fourth-order valence-corrected chi connectivity index (χ4v) is 4.63. The number of ether oxygens (including phenoxy) is 1. The second-order valence-corrected chi connectivity index (χ2v) is 8.81. The fourth-order valence-electron chi connectivity index (χ4n) is 3.21. The molecule has 7 heteroatoms. The van der Waals surface area contributed by atoms with Crippen molar-refractivity contribution < 1.29 is 9.53 Å². The number of pyridine rings is 1. The molecule has 0 saturated heterocycles. The SMILES string of the molecule is CCOc1ccc2nc(N(Cc3cccnc3)C(=O)Cc3ccc(SC)cc3)sc2c1. The summed E-state index contributed by atoms with van der Waals surface area (Å²) in [6.07, 6.45) is 5.87. The van der Waals surface area contributed by atoms with Crippen LogP contribution in [0.15, 0.2) is 71.9 Å². The third-order valence-electron chi connectivity index (χ3n) is 4.77. The van der Waals surface area contributed by atoms with Gasteiger partial charge in [0, 0.05) is 17.3 Å². The molecule has 0 bridgehead atoms. The second kappa shape index (κ2) is 9.94. The minimum Gasteiger partial charge on any atom is -0.494 e. The van der Waals surface area contributed by atoms with Gasteiger partial charge in [0.2, 0.25) is 5.91 Å². The number of nitrogens with zero attached hydrogens (tertiary/aromatic N) is 3. The first-order valence-corrected chi connectivity index (χ1v) is 12.1. The smallest absolute Gasteiger partial charge is 0.233 e. The van der Waals surface area contributed by atoms with Gasteiger partial charge in [0.1, 0.15) is 5.75 Å². The summed E-state index contributed by atoms with van der Waals surface area (Å²) in [5.41, 5.74) is 2.80. The molecule has 0 aliphatic carbocycles. The van der Waals surface area contributed by atoms with E-state index < -0.39 is 0 Å². The van der Waals surface area contributed by atoms with Crippen molar-refractivity contribution in [3.63, 3.8) is 0 Å². The van der Waals surface area contributed by atoms with Crippen molar-refractivity contribution in [2.75, 3.05) is 17.8 Å². The van der Waals surface area contributed by atoms with Crippen molar-refractivity contribution >= 4 is 44.4 Å². The van der Waals surface area contributed by atoms with Gasteiger partial charge >= 0.3 is 0 Å². The first kappa shape index (κ1) is 21.3.